The number of thiophene rings is 1. The van der Waals surface area contributed by atoms with E-state index in [4.69, 9.17) is 0 Å². The van der Waals surface area contributed by atoms with E-state index in [-0.39, 0.29) is 11.7 Å². The fourth-order valence-corrected chi connectivity index (χ4v) is 5.51. The molecular weight excluding hydrogens is 356 g/mol. The first kappa shape index (κ1) is 18.1. The van der Waals surface area contributed by atoms with Crippen LogP contribution in [0.5, 0.6) is 0 Å². The van der Waals surface area contributed by atoms with Crippen LogP contribution in [0.15, 0.2) is 17.6 Å². The van der Waals surface area contributed by atoms with Crippen LogP contribution in [0.4, 0.5) is 5.69 Å². The number of hydrogen-bond donors (Lipinski definition) is 1. The summed E-state index contributed by atoms with van der Waals surface area (Å²) in [6, 6.07) is 4.59. The lowest BCUT2D eigenvalue weighted by molar-refractivity contribution is 0.341. The van der Waals surface area contributed by atoms with Crippen molar-refractivity contribution < 1.29 is 8.42 Å². The van der Waals surface area contributed by atoms with Gasteiger partial charge in [0.05, 0.1) is 17.0 Å². The van der Waals surface area contributed by atoms with E-state index < -0.39 is 10.0 Å². The molecule has 0 spiro atoms. The number of nitriles is 1. The van der Waals surface area contributed by atoms with Crippen LogP contribution in [-0.4, -0.2) is 39.3 Å². The normalized spacial score (nSPS) is 21.2. The fraction of sp³-hybridized carbons (Fsp3) is 0.529. The molecule has 0 aliphatic heterocycles. The molecule has 134 valence electrons. The second kappa shape index (κ2) is 7.28. The van der Waals surface area contributed by atoms with E-state index in [1.165, 1.54) is 7.05 Å². The lowest BCUT2D eigenvalue weighted by Crippen LogP contribution is -2.37. The van der Waals surface area contributed by atoms with Crippen LogP contribution in [-0.2, 0) is 10.0 Å². The van der Waals surface area contributed by atoms with Crippen molar-refractivity contribution in [3.63, 3.8) is 0 Å². The molecule has 0 amide bonds. The van der Waals surface area contributed by atoms with Crippen LogP contribution < -0.4 is 9.62 Å². The van der Waals surface area contributed by atoms with Crippen LogP contribution in [0, 0.1) is 17.2 Å². The SMILES string of the molecule is CNS(=O)(=O)CC1CCC(N(C)c2c(C#N)cnc3sccc23)CC1. The average molecular weight is 379 g/mol. The summed E-state index contributed by atoms with van der Waals surface area (Å²) in [7, 11) is 0.342. The average Bonchev–Trinajstić information content (AvgIpc) is 3.09. The van der Waals surface area contributed by atoms with Gasteiger partial charge in [0, 0.05) is 24.7 Å². The Kier molecular flexibility index (Phi) is 5.27. The van der Waals surface area contributed by atoms with Crippen molar-refractivity contribution in [3.8, 4) is 6.07 Å². The molecular formula is C17H22N4O2S2. The summed E-state index contributed by atoms with van der Waals surface area (Å²) in [5.74, 6) is 0.407. The molecule has 0 atom stereocenters. The van der Waals surface area contributed by atoms with Crippen molar-refractivity contribution in [2.45, 2.75) is 31.7 Å². The van der Waals surface area contributed by atoms with Gasteiger partial charge < -0.3 is 4.90 Å². The van der Waals surface area contributed by atoms with Gasteiger partial charge in [0.2, 0.25) is 10.0 Å². The highest BCUT2D eigenvalue weighted by molar-refractivity contribution is 7.89. The molecule has 1 saturated carbocycles. The molecule has 0 bridgehead atoms. The monoisotopic (exact) mass is 378 g/mol. The maximum Gasteiger partial charge on any atom is 0.211 e. The van der Waals surface area contributed by atoms with Gasteiger partial charge in [-0.15, -0.1) is 11.3 Å². The summed E-state index contributed by atoms with van der Waals surface area (Å²) in [6.45, 7) is 0. The molecule has 1 aliphatic carbocycles. The first-order chi connectivity index (χ1) is 11.9. The van der Waals surface area contributed by atoms with Gasteiger partial charge >= 0.3 is 0 Å². The molecule has 0 radical (unpaired) electrons. The standard InChI is InChI=1S/C17H22N4O2S2/c1-19-25(22,23)11-12-3-5-14(6-4-12)21(2)16-13(9-18)10-20-17-15(16)7-8-24-17/h7-8,10,12,14,19H,3-6,11H2,1-2H3. The van der Waals surface area contributed by atoms with E-state index in [2.05, 4.69) is 20.7 Å². The molecule has 1 aliphatic rings. The molecule has 2 aromatic heterocycles. The maximum atomic E-state index is 11.7. The molecule has 25 heavy (non-hydrogen) atoms. The lowest BCUT2D eigenvalue weighted by atomic mass is 9.86. The summed E-state index contributed by atoms with van der Waals surface area (Å²) < 4.78 is 25.9. The molecule has 0 aromatic carbocycles. The fourth-order valence-electron chi connectivity index (χ4n) is 3.65. The van der Waals surface area contributed by atoms with E-state index in [0.29, 0.717) is 11.6 Å². The summed E-state index contributed by atoms with van der Waals surface area (Å²) in [5, 5.41) is 12.5. The summed E-state index contributed by atoms with van der Waals surface area (Å²) in [4.78, 5) is 7.49. The van der Waals surface area contributed by atoms with Crippen molar-refractivity contribution in [1.82, 2.24) is 9.71 Å². The summed E-state index contributed by atoms with van der Waals surface area (Å²) >= 11 is 1.57. The number of rotatable bonds is 5. The van der Waals surface area contributed by atoms with Crippen molar-refractivity contribution in [2.24, 2.45) is 5.92 Å². The number of hydrogen-bond acceptors (Lipinski definition) is 6. The van der Waals surface area contributed by atoms with Gasteiger partial charge in [-0.05, 0) is 50.1 Å². The Morgan fingerprint density at radius 2 is 2.12 bits per heavy atom. The van der Waals surface area contributed by atoms with Crippen LogP contribution >= 0.6 is 11.3 Å². The van der Waals surface area contributed by atoms with Crippen LogP contribution in [0.25, 0.3) is 10.2 Å². The Hall–Kier alpha value is -1.69. The molecule has 6 nitrogen and oxygen atoms in total. The first-order valence-electron chi connectivity index (χ1n) is 8.35. The molecule has 1 N–H and O–H groups in total. The number of nitrogens with one attached hydrogen (secondary N) is 1. The Balaban J connectivity index is 1.77. The van der Waals surface area contributed by atoms with Crippen molar-refractivity contribution in [1.29, 1.82) is 5.26 Å². The van der Waals surface area contributed by atoms with E-state index in [1.54, 1.807) is 17.5 Å². The summed E-state index contributed by atoms with van der Waals surface area (Å²) in [6.07, 6.45) is 5.28. The Morgan fingerprint density at radius 3 is 2.76 bits per heavy atom. The summed E-state index contributed by atoms with van der Waals surface area (Å²) in [5.41, 5.74) is 1.54. The quantitative estimate of drug-likeness (QED) is 0.864. The molecule has 3 rings (SSSR count). The Bertz CT molecular complexity index is 893. The third-order valence-electron chi connectivity index (χ3n) is 5.07. The van der Waals surface area contributed by atoms with Crippen molar-refractivity contribution >= 4 is 37.3 Å². The van der Waals surface area contributed by atoms with Gasteiger partial charge in [-0.25, -0.2) is 18.1 Å². The van der Waals surface area contributed by atoms with Gasteiger partial charge in [0.25, 0.3) is 0 Å². The number of nitrogens with zero attached hydrogens (tertiary/aromatic N) is 3. The van der Waals surface area contributed by atoms with E-state index >= 15 is 0 Å². The second-order valence-corrected chi connectivity index (χ2v) is 9.41. The van der Waals surface area contributed by atoms with Crippen LogP contribution in [0.3, 0.4) is 0 Å². The lowest BCUT2D eigenvalue weighted by Gasteiger charge is -2.36. The maximum absolute atomic E-state index is 11.7. The third kappa shape index (κ3) is 3.78. The van der Waals surface area contributed by atoms with Gasteiger partial charge in [0.15, 0.2) is 0 Å². The topological polar surface area (TPSA) is 86.1 Å². The van der Waals surface area contributed by atoms with Crippen molar-refractivity contribution in [2.75, 3.05) is 24.7 Å². The highest BCUT2D eigenvalue weighted by Gasteiger charge is 2.28. The minimum absolute atomic E-state index is 0.202. The number of fused-ring (bicyclic) bond motifs is 1. The zero-order valence-electron chi connectivity index (χ0n) is 14.4. The van der Waals surface area contributed by atoms with Crippen LogP contribution in [0.2, 0.25) is 0 Å². The highest BCUT2D eigenvalue weighted by atomic mass is 32.2. The minimum Gasteiger partial charge on any atom is -0.370 e. The minimum atomic E-state index is -3.15. The molecule has 2 aromatic rings. The zero-order valence-corrected chi connectivity index (χ0v) is 16.0. The largest absolute Gasteiger partial charge is 0.370 e. The van der Waals surface area contributed by atoms with Gasteiger partial charge in [-0.2, -0.15) is 5.26 Å². The van der Waals surface area contributed by atoms with Crippen molar-refractivity contribution in [3.05, 3.63) is 23.2 Å². The first-order valence-corrected chi connectivity index (χ1v) is 10.9. The molecule has 8 heteroatoms. The number of aromatic nitrogens is 1. The van der Waals surface area contributed by atoms with E-state index in [0.717, 1.165) is 41.6 Å². The molecule has 0 unspecified atom stereocenters. The predicted octanol–water partition coefficient (Wildman–Crippen LogP) is 2.71. The third-order valence-corrected chi connectivity index (χ3v) is 7.42. The second-order valence-electron chi connectivity index (χ2n) is 6.54. The number of pyridine rings is 1. The van der Waals surface area contributed by atoms with Crippen LogP contribution in [0.1, 0.15) is 31.2 Å². The zero-order chi connectivity index (χ0) is 18.0. The number of sulfonamides is 1. The molecule has 2 heterocycles. The van der Waals surface area contributed by atoms with Gasteiger partial charge in [-0.3, -0.25) is 0 Å². The smallest absolute Gasteiger partial charge is 0.211 e. The Morgan fingerprint density at radius 1 is 1.40 bits per heavy atom. The van der Waals surface area contributed by atoms with E-state index in [1.807, 2.05) is 18.5 Å². The Labute approximate surface area is 152 Å². The van der Waals surface area contributed by atoms with Gasteiger partial charge in [0.1, 0.15) is 10.9 Å². The van der Waals surface area contributed by atoms with E-state index in [9.17, 15) is 13.7 Å². The number of anilines is 1. The highest BCUT2D eigenvalue weighted by Crippen LogP contribution is 2.36. The van der Waals surface area contributed by atoms with Gasteiger partial charge in [-0.1, -0.05) is 0 Å². The molecule has 0 saturated heterocycles. The molecule has 1 fully saturated rings. The predicted molar refractivity (Wildman–Crippen MR) is 101 cm³/mol.